The third-order valence-electron chi connectivity index (χ3n) is 3.75. The van der Waals surface area contributed by atoms with Gasteiger partial charge in [-0.25, -0.2) is 0 Å². The predicted octanol–water partition coefficient (Wildman–Crippen LogP) is 2.78. The van der Waals surface area contributed by atoms with Gasteiger partial charge in [-0.2, -0.15) is 0 Å². The molecule has 112 valence electrons. The van der Waals surface area contributed by atoms with Crippen molar-refractivity contribution in [1.82, 2.24) is 5.32 Å². The molecule has 0 aliphatic carbocycles. The van der Waals surface area contributed by atoms with Crippen molar-refractivity contribution < 1.29 is 5.11 Å². The Kier molecular flexibility index (Phi) is 5.06. The highest BCUT2D eigenvalue weighted by Crippen LogP contribution is 2.20. The van der Waals surface area contributed by atoms with Crippen LogP contribution in [0.25, 0.3) is 0 Å². The van der Waals surface area contributed by atoms with Crippen LogP contribution in [-0.4, -0.2) is 30.8 Å². The Morgan fingerprint density at radius 2 is 1.75 bits per heavy atom. The summed E-state index contributed by atoms with van der Waals surface area (Å²) in [4.78, 5) is 2.36. The molecule has 20 heavy (non-hydrogen) atoms. The maximum atomic E-state index is 9.55. The minimum atomic E-state index is -0.105. The molecule has 2 rings (SSSR count). The standard InChI is InChI=1S/C17H28N2O/c1-17(2,3)13-18-12-14-4-6-15(7-5-14)19-10-8-16(20)9-11-19/h4-7,16,18,20H,8-13H2,1-3H3. The van der Waals surface area contributed by atoms with Crippen molar-refractivity contribution in [3.8, 4) is 0 Å². The Balaban J connectivity index is 1.83. The lowest BCUT2D eigenvalue weighted by Gasteiger charge is -2.31. The molecule has 0 radical (unpaired) electrons. The van der Waals surface area contributed by atoms with Gasteiger partial charge in [-0.3, -0.25) is 0 Å². The minimum Gasteiger partial charge on any atom is -0.393 e. The number of aliphatic hydroxyl groups excluding tert-OH is 1. The molecule has 0 bridgehead atoms. The van der Waals surface area contributed by atoms with Crippen LogP contribution in [0.15, 0.2) is 24.3 Å². The second kappa shape index (κ2) is 6.59. The van der Waals surface area contributed by atoms with Crippen molar-refractivity contribution in [2.24, 2.45) is 5.41 Å². The van der Waals surface area contributed by atoms with Gasteiger partial charge in [-0.05, 0) is 36.0 Å². The van der Waals surface area contributed by atoms with Gasteiger partial charge in [0.2, 0.25) is 0 Å². The van der Waals surface area contributed by atoms with Gasteiger partial charge in [-0.1, -0.05) is 32.9 Å². The molecule has 0 atom stereocenters. The summed E-state index contributed by atoms with van der Waals surface area (Å²) < 4.78 is 0. The summed E-state index contributed by atoms with van der Waals surface area (Å²) in [6, 6.07) is 8.81. The summed E-state index contributed by atoms with van der Waals surface area (Å²) in [6.07, 6.45) is 1.66. The largest absolute Gasteiger partial charge is 0.393 e. The maximum absolute atomic E-state index is 9.55. The maximum Gasteiger partial charge on any atom is 0.0574 e. The van der Waals surface area contributed by atoms with Gasteiger partial charge in [0.25, 0.3) is 0 Å². The zero-order chi connectivity index (χ0) is 14.6. The van der Waals surface area contributed by atoms with Gasteiger partial charge in [0.15, 0.2) is 0 Å². The first-order chi connectivity index (χ1) is 9.44. The number of piperidine rings is 1. The van der Waals surface area contributed by atoms with Crippen molar-refractivity contribution in [2.75, 3.05) is 24.5 Å². The fraction of sp³-hybridized carbons (Fsp3) is 0.647. The molecular formula is C17H28N2O. The van der Waals surface area contributed by atoms with Crippen molar-refractivity contribution >= 4 is 5.69 Å². The van der Waals surface area contributed by atoms with Crippen LogP contribution in [0.2, 0.25) is 0 Å². The molecule has 1 fully saturated rings. The van der Waals surface area contributed by atoms with Crippen LogP contribution in [0.1, 0.15) is 39.2 Å². The van der Waals surface area contributed by atoms with E-state index in [1.807, 2.05) is 0 Å². The molecular weight excluding hydrogens is 248 g/mol. The lowest BCUT2D eigenvalue weighted by Crippen LogP contribution is -2.35. The lowest BCUT2D eigenvalue weighted by atomic mass is 9.97. The van der Waals surface area contributed by atoms with E-state index in [1.54, 1.807) is 0 Å². The van der Waals surface area contributed by atoms with E-state index in [1.165, 1.54) is 11.3 Å². The Morgan fingerprint density at radius 3 is 2.30 bits per heavy atom. The van der Waals surface area contributed by atoms with Gasteiger partial charge in [0, 0.05) is 31.9 Å². The highest BCUT2D eigenvalue weighted by molar-refractivity contribution is 5.48. The third kappa shape index (κ3) is 4.80. The molecule has 0 saturated carbocycles. The second-order valence-corrected chi connectivity index (χ2v) is 7.05. The van der Waals surface area contributed by atoms with Gasteiger partial charge < -0.3 is 15.3 Å². The number of hydrogen-bond donors (Lipinski definition) is 2. The van der Waals surface area contributed by atoms with Crippen LogP contribution in [0.4, 0.5) is 5.69 Å². The fourth-order valence-electron chi connectivity index (χ4n) is 2.53. The number of nitrogens with one attached hydrogen (secondary N) is 1. The normalized spacial score (nSPS) is 17.5. The predicted molar refractivity (Wildman–Crippen MR) is 85.1 cm³/mol. The van der Waals surface area contributed by atoms with Crippen LogP contribution in [-0.2, 0) is 6.54 Å². The van der Waals surface area contributed by atoms with Crippen LogP contribution < -0.4 is 10.2 Å². The van der Waals surface area contributed by atoms with E-state index >= 15 is 0 Å². The molecule has 1 aromatic carbocycles. The number of aliphatic hydroxyl groups is 1. The molecule has 1 aliphatic rings. The summed E-state index contributed by atoms with van der Waals surface area (Å²) in [5, 5.41) is 13.0. The quantitative estimate of drug-likeness (QED) is 0.887. The smallest absolute Gasteiger partial charge is 0.0574 e. The molecule has 1 aliphatic heterocycles. The molecule has 1 heterocycles. The molecule has 0 unspecified atom stereocenters. The van der Waals surface area contributed by atoms with Gasteiger partial charge >= 0.3 is 0 Å². The Bertz CT molecular complexity index is 400. The number of nitrogens with zero attached hydrogens (tertiary/aromatic N) is 1. The van der Waals surface area contributed by atoms with E-state index in [2.05, 4.69) is 55.3 Å². The Morgan fingerprint density at radius 1 is 1.15 bits per heavy atom. The van der Waals surface area contributed by atoms with Gasteiger partial charge in [-0.15, -0.1) is 0 Å². The van der Waals surface area contributed by atoms with Crippen LogP contribution in [0.3, 0.4) is 0 Å². The first-order valence-electron chi connectivity index (χ1n) is 7.67. The Hall–Kier alpha value is -1.06. The first-order valence-corrected chi connectivity index (χ1v) is 7.67. The number of hydrogen-bond acceptors (Lipinski definition) is 3. The highest BCUT2D eigenvalue weighted by atomic mass is 16.3. The summed E-state index contributed by atoms with van der Waals surface area (Å²) in [5.41, 5.74) is 2.93. The molecule has 1 aromatic rings. The second-order valence-electron chi connectivity index (χ2n) is 7.05. The number of anilines is 1. The van der Waals surface area contributed by atoms with E-state index in [0.717, 1.165) is 39.0 Å². The summed E-state index contributed by atoms with van der Waals surface area (Å²) in [6.45, 7) is 10.6. The molecule has 3 heteroatoms. The van der Waals surface area contributed by atoms with Crippen LogP contribution >= 0.6 is 0 Å². The summed E-state index contributed by atoms with van der Waals surface area (Å²) in [7, 11) is 0. The van der Waals surface area contributed by atoms with E-state index in [-0.39, 0.29) is 6.10 Å². The van der Waals surface area contributed by atoms with Crippen molar-refractivity contribution in [2.45, 2.75) is 46.3 Å². The van der Waals surface area contributed by atoms with Crippen molar-refractivity contribution in [3.05, 3.63) is 29.8 Å². The number of benzene rings is 1. The third-order valence-corrected chi connectivity index (χ3v) is 3.75. The fourth-order valence-corrected chi connectivity index (χ4v) is 2.53. The molecule has 1 saturated heterocycles. The molecule has 3 nitrogen and oxygen atoms in total. The molecule has 0 spiro atoms. The van der Waals surface area contributed by atoms with Crippen molar-refractivity contribution in [1.29, 1.82) is 0 Å². The molecule has 0 amide bonds. The van der Waals surface area contributed by atoms with E-state index in [4.69, 9.17) is 0 Å². The van der Waals surface area contributed by atoms with Crippen LogP contribution in [0.5, 0.6) is 0 Å². The average molecular weight is 276 g/mol. The lowest BCUT2D eigenvalue weighted by molar-refractivity contribution is 0.145. The zero-order valence-electron chi connectivity index (χ0n) is 13.0. The minimum absolute atomic E-state index is 0.105. The SMILES string of the molecule is CC(C)(C)CNCc1ccc(N2CCC(O)CC2)cc1. The van der Waals surface area contributed by atoms with E-state index < -0.39 is 0 Å². The topological polar surface area (TPSA) is 35.5 Å². The van der Waals surface area contributed by atoms with Crippen molar-refractivity contribution in [3.63, 3.8) is 0 Å². The summed E-state index contributed by atoms with van der Waals surface area (Å²) in [5.74, 6) is 0. The van der Waals surface area contributed by atoms with E-state index in [0.29, 0.717) is 5.41 Å². The average Bonchev–Trinajstić information content (AvgIpc) is 2.39. The van der Waals surface area contributed by atoms with E-state index in [9.17, 15) is 5.11 Å². The molecule has 0 aromatic heterocycles. The van der Waals surface area contributed by atoms with Gasteiger partial charge in [0.05, 0.1) is 6.10 Å². The highest BCUT2D eigenvalue weighted by Gasteiger charge is 2.17. The number of rotatable bonds is 4. The molecule has 2 N–H and O–H groups in total. The Labute approximate surface area is 123 Å². The monoisotopic (exact) mass is 276 g/mol. The summed E-state index contributed by atoms with van der Waals surface area (Å²) >= 11 is 0. The first kappa shape index (κ1) is 15.3. The van der Waals surface area contributed by atoms with Crippen LogP contribution in [0, 0.1) is 5.41 Å². The zero-order valence-corrected chi connectivity index (χ0v) is 13.0. The van der Waals surface area contributed by atoms with Gasteiger partial charge in [0.1, 0.15) is 0 Å².